The molecule has 2 fully saturated rings. The molecule has 25 heavy (non-hydrogen) atoms. The Morgan fingerprint density at radius 3 is 2.24 bits per heavy atom. The first-order chi connectivity index (χ1) is 12.2. The van der Waals surface area contributed by atoms with Gasteiger partial charge in [0, 0.05) is 52.9 Å². The van der Waals surface area contributed by atoms with Gasteiger partial charge >= 0.3 is 0 Å². The topological polar surface area (TPSA) is 60.4 Å². The zero-order valence-corrected chi connectivity index (χ0v) is 16.2. The maximum atomic E-state index is 12.4. The average molecular weight is 354 g/mol. The lowest BCUT2D eigenvalue weighted by Crippen LogP contribution is -2.55. The second-order valence-corrected chi connectivity index (χ2v) is 6.87. The first kappa shape index (κ1) is 20.0. The third kappa shape index (κ3) is 6.15. The van der Waals surface area contributed by atoms with E-state index in [1.807, 2.05) is 11.9 Å². The lowest BCUT2D eigenvalue weighted by Gasteiger charge is -2.37. The van der Waals surface area contributed by atoms with Crippen molar-refractivity contribution in [1.29, 1.82) is 0 Å². The van der Waals surface area contributed by atoms with Gasteiger partial charge in [0.05, 0.1) is 19.8 Å². The molecule has 7 heteroatoms. The van der Waals surface area contributed by atoms with Crippen molar-refractivity contribution in [1.82, 2.24) is 20.0 Å². The van der Waals surface area contributed by atoms with Gasteiger partial charge in [0.2, 0.25) is 5.91 Å². The van der Waals surface area contributed by atoms with Crippen LogP contribution in [-0.4, -0.2) is 99.2 Å². The van der Waals surface area contributed by atoms with Crippen molar-refractivity contribution < 1.29 is 9.53 Å². The second kappa shape index (κ2) is 10.6. The molecule has 2 heterocycles. The van der Waals surface area contributed by atoms with Crippen molar-refractivity contribution in [3.05, 3.63) is 0 Å². The molecule has 0 atom stereocenters. The lowest BCUT2D eigenvalue weighted by atomic mass is 10.0. The van der Waals surface area contributed by atoms with Crippen LogP contribution in [0.25, 0.3) is 0 Å². The van der Waals surface area contributed by atoms with Crippen LogP contribution in [0.15, 0.2) is 4.99 Å². The Balaban J connectivity index is 1.73. The van der Waals surface area contributed by atoms with Gasteiger partial charge < -0.3 is 19.9 Å². The predicted octanol–water partition coefficient (Wildman–Crippen LogP) is 0.474. The van der Waals surface area contributed by atoms with Crippen molar-refractivity contribution in [2.45, 2.75) is 26.7 Å². The molecular weight excluding hydrogens is 318 g/mol. The summed E-state index contributed by atoms with van der Waals surface area (Å²) in [6.45, 7) is 12.4. The Morgan fingerprint density at radius 2 is 1.68 bits per heavy atom. The minimum atomic E-state index is 0.230. The number of nitrogens with zero attached hydrogens (tertiary/aromatic N) is 4. The van der Waals surface area contributed by atoms with Gasteiger partial charge in [-0.3, -0.25) is 14.7 Å². The highest BCUT2D eigenvalue weighted by Gasteiger charge is 2.24. The number of carbonyl (C=O) groups excluding carboxylic acids is 1. The van der Waals surface area contributed by atoms with E-state index in [0.717, 1.165) is 51.8 Å². The normalized spacial score (nSPS) is 20.2. The van der Waals surface area contributed by atoms with Crippen molar-refractivity contribution in [3.63, 3.8) is 0 Å². The summed E-state index contributed by atoms with van der Waals surface area (Å²) in [6, 6.07) is 0. The highest BCUT2D eigenvalue weighted by Crippen LogP contribution is 2.07. The Bertz CT molecular complexity index is 425. The van der Waals surface area contributed by atoms with Crippen LogP contribution >= 0.6 is 0 Å². The van der Waals surface area contributed by atoms with E-state index in [1.54, 1.807) is 0 Å². The van der Waals surface area contributed by atoms with Gasteiger partial charge in [-0.25, -0.2) is 0 Å². The molecule has 2 aliphatic heterocycles. The molecule has 2 rings (SSSR count). The van der Waals surface area contributed by atoms with Crippen LogP contribution in [0, 0.1) is 5.92 Å². The smallest absolute Gasteiger partial charge is 0.236 e. The van der Waals surface area contributed by atoms with Crippen LogP contribution in [0.2, 0.25) is 0 Å². The number of aliphatic imine (C=N–C) groups is 1. The summed E-state index contributed by atoms with van der Waals surface area (Å²) in [5.74, 6) is 1.92. The standard InChI is InChI=1S/C18H35N5O2/c1-4-16(5-2)14-20-18(19-3)23-8-6-21(7-9-23)15-17(24)22-10-12-25-13-11-22/h16H,4-15H2,1-3H3,(H,19,20). The summed E-state index contributed by atoms with van der Waals surface area (Å²) < 4.78 is 5.31. The Kier molecular flexibility index (Phi) is 8.48. The maximum Gasteiger partial charge on any atom is 0.236 e. The molecule has 0 aromatic heterocycles. The van der Waals surface area contributed by atoms with Crippen molar-refractivity contribution >= 4 is 11.9 Å². The van der Waals surface area contributed by atoms with Crippen molar-refractivity contribution in [2.24, 2.45) is 10.9 Å². The summed E-state index contributed by atoms with van der Waals surface area (Å²) in [4.78, 5) is 23.3. The van der Waals surface area contributed by atoms with E-state index in [4.69, 9.17) is 4.74 Å². The Morgan fingerprint density at radius 1 is 1.04 bits per heavy atom. The third-order valence-corrected chi connectivity index (χ3v) is 5.31. The Hall–Kier alpha value is -1.34. The molecule has 0 spiro atoms. The predicted molar refractivity (Wildman–Crippen MR) is 101 cm³/mol. The number of amides is 1. The minimum absolute atomic E-state index is 0.230. The fraction of sp³-hybridized carbons (Fsp3) is 0.889. The van der Waals surface area contributed by atoms with Gasteiger partial charge in [-0.15, -0.1) is 0 Å². The van der Waals surface area contributed by atoms with Gasteiger partial charge in [-0.2, -0.15) is 0 Å². The molecule has 1 amide bonds. The molecule has 1 N–H and O–H groups in total. The fourth-order valence-electron chi connectivity index (χ4n) is 3.37. The summed E-state index contributed by atoms with van der Waals surface area (Å²) in [5.41, 5.74) is 0. The summed E-state index contributed by atoms with van der Waals surface area (Å²) in [7, 11) is 1.85. The van der Waals surface area contributed by atoms with Crippen molar-refractivity contribution in [3.8, 4) is 0 Å². The van der Waals surface area contributed by atoms with E-state index in [9.17, 15) is 4.79 Å². The van der Waals surface area contributed by atoms with Gasteiger partial charge in [0.1, 0.15) is 0 Å². The van der Waals surface area contributed by atoms with Gasteiger partial charge in [0.15, 0.2) is 5.96 Å². The molecule has 2 aliphatic rings. The van der Waals surface area contributed by atoms with Crippen LogP contribution in [0.5, 0.6) is 0 Å². The number of piperazine rings is 1. The largest absolute Gasteiger partial charge is 0.378 e. The summed E-state index contributed by atoms with van der Waals surface area (Å²) in [5, 5.41) is 3.52. The van der Waals surface area contributed by atoms with Crippen LogP contribution in [-0.2, 0) is 9.53 Å². The zero-order valence-electron chi connectivity index (χ0n) is 16.2. The molecule has 0 unspecified atom stereocenters. The van der Waals surface area contributed by atoms with Crippen LogP contribution in [0.3, 0.4) is 0 Å². The number of carbonyl (C=O) groups is 1. The van der Waals surface area contributed by atoms with Crippen LogP contribution in [0.4, 0.5) is 0 Å². The zero-order chi connectivity index (χ0) is 18.1. The Labute approximate surface area is 152 Å². The van der Waals surface area contributed by atoms with E-state index in [2.05, 4.69) is 34.0 Å². The number of morpholine rings is 1. The second-order valence-electron chi connectivity index (χ2n) is 6.87. The number of hydrogen-bond acceptors (Lipinski definition) is 4. The molecule has 0 bridgehead atoms. The first-order valence-electron chi connectivity index (χ1n) is 9.71. The van der Waals surface area contributed by atoms with E-state index in [0.29, 0.717) is 25.7 Å². The highest BCUT2D eigenvalue weighted by molar-refractivity contribution is 5.80. The fourth-order valence-corrected chi connectivity index (χ4v) is 3.37. The first-order valence-corrected chi connectivity index (χ1v) is 9.71. The minimum Gasteiger partial charge on any atom is -0.378 e. The van der Waals surface area contributed by atoms with Crippen LogP contribution < -0.4 is 5.32 Å². The van der Waals surface area contributed by atoms with Gasteiger partial charge in [-0.1, -0.05) is 26.7 Å². The lowest BCUT2D eigenvalue weighted by molar-refractivity contribution is -0.136. The number of ether oxygens (including phenoxy) is 1. The van der Waals surface area contributed by atoms with E-state index >= 15 is 0 Å². The van der Waals surface area contributed by atoms with Crippen LogP contribution in [0.1, 0.15) is 26.7 Å². The summed E-state index contributed by atoms with van der Waals surface area (Å²) >= 11 is 0. The number of nitrogens with one attached hydrogen (secondary N) is 1. The average Bonchev–Trinajstić information content (AvgIpc) is 2.67. The molecule has 7 nitrogen and oxygen atoms in total. The van der Waals surface area contributed by atoms with E-state index < -0.39 is 0 Å². The molecule has 0 saturated carbocycles. The number of rotatable bonds is 6. The molecule has 0 aromatic carbocycles. The molecule has 2 saturated heterocycles. The van der Waals surface area contributed by atoms with E-state index in [-0.39, 0.29) is 5.91 Å². The molecular formula is C18H35N5O2. The molecule has 0 aromatic rings. The highest BCUT2D eigenvalue weighted by atomic mass is 16.5. The molecule has 0 radical (unpaired) electrons. The maximum absolute atomic E-state index is 12.4. The quantitative estimate of drug-likeness (QED) is 0.556. The number of guanidine groups is 1. The SMILES string of the molecule is CCC(CC)CNC(=NC)N1CCN(CC(=O)N2CCOCC2)CC1. The van der Waals surface area contributed by atoms with Gasteiger partial charge in [-0.05, 0) is 5.92 Å². The van der Waals surface area contributed by atoms with Crippen molar-refractivity contribution in [2.75, 3.05) is 72.6 Å². The van der Waals surface area contributed by atoms with E-state index in [1.165, 1.54) is 12.8 Å². The molecule has 0 aliphatic carbocycles. The van der Waals surface area contributed by atoms with Gasteiger partial charge in [0.25, 0.3) is 0 Å². The molecule has 144 valence electrons. The number of hydrogen-bond donors (Lipinski definition) is 1. The monoisotopic (exact) mass is 353 g/mol. The third-order valence-electron chi connectivity index (χ3n) is 5.31. The summed E-state index contributed by atoms with van der Waals surface area (Å²) in [6.07, 6.45) is 2.38.